The number of nitrogens with zero attached hydrogens (tertiary/aromatic N) is 4. The van der Waals surface area contributed by atoms with Gasteiger partial charge in [0.1, 0.15) is 17.8 Å². The number of halogens is 3. The van der Waals surface area contributed by atoms with Gasteiger partial charge in [0.25, 0.3) is 0 Å². The van der Waals surface area contributed by atoms with Crippen LogP contribution in [0.5, 0.6) is 11.5 Å². The highest BCUT2D eigenvalue weighted by atomic mass is 19.4. The predicted molar refractivity (Wildman–Crippen MR) is 118 cm³/mol. The van der Waals surface area contributed by atoms with Crippen LogP contribution in [0.2, 0.25) is 0 Å². The lowest BCUT2D eigenvalue weighted by Gasteiger charge is -2.12. The van der Waals surface area contributed by atoms with E-state index in [0.29, 0.717) is 34.6 Å². The summed E-state index contributed by atoms with van der Waals surface area (Å²) in [4.78, 5) is 20.6. The molecule has 5 rings (SSSR count). The number of aromatic nitrogens is 5. The molecule has 0 aliphatic rings. The lowest BCUT2D eigenvalue weighted by atomic mass is 10.1. The van der Waals surface area contributed by atoms with E-state index in [1.807, 2.05) is 18.2 Å². The van der Waals surface area contributed by atoms with Gasteiger partial charge in [-0.25, -0.2) is 14.8 Å². The van der Waals surface area contributed by atoms with E-state index in [-0.39, 0.29) is 5.82 Å². The van der Waals surface area contributed by atoms with Gasteiger partial charge < -0.3 is 14.6 Å². The van der Waals surface area contributed by atoms with Gasteiger partial charge in [0, 0.05) is 17.3 Å². The number of fused-ring (bicyclic) bond motifs is 1. The second-order valence-electron chi connectivity index (χ2n) is 7.13. The maximum Gasteiger partial charge on any atom is 0.452 e. The summed E-state index contributed by atoms with van der Waals surface area (Å²) in [6.45, 7) is 0. The van der Waals surface area contributed by atoms with Crippen molar-refractivity contribution in [1.82, 2.24) is 25.3 Å². The molecule has 10 nitrogen and oxygen atoms in total. The van der Waals surface area contributed by atoms with Gasteiger partial charge in [0.2, 0.25) is 5.76 Å². The Labute approximate surface area is 194 Å². The van der Waals surface area contributed by atoms with E-state index in [2.05, 4.69) is 40.5 Å². The Morgan fingerprint density at radius 1 is 1.03 bits per heavy atom. The smallest absolute Gasteiger partial charge is 0.452 e. The first-order valence-electron chi connectivity index (χ1n) is 10.00. The molecule has 5 aromatic rings. The van der Waals surface area contributed by atoms with Gasteiger partial charge in [0.15, 0.2) is 11.5 Å². The number of hydrogen-bond donors (Lipinski definition) is 3. The molecular formula is C22H14F3N7O3. The number of para-hydroxylation sites is 1. The third-order valence-electron chi connectivity index (χ3n) is 4.76. The van der Waals surface area contributed by atoms with Crippen LogP contribution in [-0.4, -0.2) is 31.4 Å². The lowest BCUT2D eigenvalue weighted by Crippen LogP contribution is -2.19. The summed E-state index contributed by atoms with van der Waals surface area (Å²) < 4.78 is 47.9. The average Bonchev–Trinajstić information content (AvgIpc) is 3.50. The normalized spacial score (nSPS) is 11.4. The Bertz CT molecular complexity index is 1500. The number of carbonyl (C=O) groups is 1. The highest BCUT2D eigenvalue weighted by Gasteiger charge is 2.36. The van der Waals surface area contributed by atoms with Crippen LogP contribution >= 0.6 is 0 Å². The van der Waals surface area contributed by atoms with Crippen molar-refractivity contribution in [2.24, 2.45) is 0 Å². The van der Waals surface area contributed by atoms with E-state index in [1.165, 1.54) is 6.33 Å². The molecule has 3 heterocycles. The standard InChI is InChI=1S/C22H14F3N7O3/c23-22(24,25)17-9-18(32-35-17)30-21(33)29-12-5-7-13(8-6-12)34-16-4-2-1-3-14(16)19-15-10-28-31-20(15)27-11-26-19/h1-11H,(H,26,27,28,31)(H2,29,30,32,33). The maximum atomic E-state index is 12.6. The number of carbonyl (C=O) groups excluding carboxylic acids is 1. The molecule has 0 aliphatic carbocycles. The minimum Gasteiger partial charge on any atom is -0.457 e. The van der Waals surface area contributed by atoms with Crippen molar-refractivity contribution < 1.29 is 27.2 Å². The van der Waals surface area contributed by atoms with Crippen LogP contribution < -0.4 is 15.4 Å². The molecule has 2 amide bonds. The molecule has 35 heavy (non-hydrogen) atoms. The van der Waals surface area contributed by atoms with Gasteiger partial charge in [-0.2, -0.15) is 18.3 Å². The monoisotopic (exact) mass is 481 g/mol. The summed E-state index contributed by atoms with van der Waals surface area (Å²) in [5.74, 6) is -0.668. The summed E-state index contributed by atoms with van der Waals surface area (Å²) in [6.07, 6.45) is -1.63. The quantitative estimate of drug-likeness (QED) is 0.304. The summed E-state index contributed by atoms with van der Waals surface area (Å²) in [6, 6.07) is 13.5. The molecule has 0 fully saturated rings. The van der Waals surface area contributed by atoms with E-state index >= 15 is 0 Å². The van der Waals surface area contributed by atoms with Gasteiger partial charge in [-0.05, 0) is 36.4 Å². The van der Waals surface area contributed by atoms with Crippen molar-refractivity contribution in [1.29, 1.82) is 0 Å². The van der Waals surface area contributed by atoms with Gasteiger partial charge in [-0.1, -0.05) is 17.3 Å². The Morgan fingerprint density at radius 3 is 2.60 bits per heavy atom. The molecule has 0 atom stereocenters. The number of ether oxygens (including phenoxy) is 1. The van der Waals surface area contributed by atoms with Crippen LogP contribution in [0.3, 0.4) is 0 Å². The van der Waals surface area contributed by atoms with Crippen LogP contribution in [0.4, 0.5) is 29.5 Å². The molecule has 2 aromatic carbocycles. The number of rotatable bonds is 5. The second kappa shape index (κ2) is 8.78. The van der Waals surface area contributed by atoms with E-state index in [0.717, 1.165) is 10.9 Å². The number of benzene rings is 2. The number of aromatic amines is 1. The molecule has 0 spiro atoms. The summed E-state index contributed by atoms with van der Waals surface area (Å²) >= 11 is 0. The van der Waals surface area contributed by atoms with Crippen LogP contribution in [0.25, 0.3) is 22.3 Å². The van der Waals surface area contributed by atoms with Gasteiger partial charge in [-0.15, -0.1) is 0 Å². The summed E-state index contributed by atoms with van der Waals surface area (Å²) in [7, 11) is 0. The fraction of sp³-hybridized carbons (Fsp3) is 0.0455. The van der Waals surface area contributed by atoms with Gasteiger partial charge >= 0.3 is 12.2 Å². The molecule has 0 bridgehead atoms. The molecule has 0 aliphatic heterocycles. The third-order valence-corrected chi connectivity index (χ3v) is 4.76. The second-order valence-corrected chi connectivity index (χ2v) is 7.13. The van der Waals surface area contributed by atoms with Gasteiger partial charge in [0.05, 0.1) is 17.3 Å². The average molecular weight is 481 g/mol. The third kappa shape index (κ3) is 4.73. The van der Waals surface area contributed by atoms with E-state index < -0.39 is 18.0 Å². The Kier molecular flexibility index (Phi) is 5.49. The van der Waals surface area contributed by atoms with Crippen molar-refractivity contribution in [2.75, 3.05) is 10.6 Å². The first-order chi connectivity index (χ1) is 16.9. The van der Waals surface area contributed by atoms with Crippen molar-refractivity contribution in [2.45, 2.75) is 6.18 Å². The first kappa shape index (κ1) is 21.9. The number of urea groups is 1. The fourth-order valence-electron chi connectivity index (χ4n) is 3.21. The van der Waals surface area contributed by atoms with Crippen molar-refractivity contribution in [3.63, 3.8) is 0 Å². The highest BCUT2D eigenvalue weighted by molar-refractivity contribution is 5.99. The van der Waals surface area contributed by atoms with Crippen LogP contribution in [0, 0.1) is 0 Å². The zero-order valence-corrected chi connectivity index (χ0v) is 17.5. The topological polar surface area (TPSA) is 131 Å². The van der Waals surface area contributed by atoms with Gasteiger partial charge in [-0.3, -0.25) is 10.4 Å². The number of alkyl halides is 3. The maximum absolute atomic E-state index is 12.6. The summed E-state index contributed by atoms with van der Waals surface area (Å²) in [5.41, 5.74) is 2.35. The Morgan fingerprint density at radius 2 is 1.83 bits per heavy atom. The van der Waals surface area contributed by atoms with Crippen molar-refractivity contribution in [3.05, 3.63) is 72.9 Å². The first-order valence-corrected chi connectivity index (χ1v) is 10.00. The fourth-order valence-corrected chi connectivity index (χ4v) is 3.21. The largest absolute Gasteiger partial charge is 0.457 e. The minimum atomic E-state index is -4.70. The Balaban J connectivity index is 1.28. The number of hydrogen-bond acceptors (Lipinski definition) is 7. The molecule has 0 radical (unpaired) electrons. The summed E-state index contributed by atoms with van der Waals surface area (Å²) in [5, 5.41) is 15.4. The lowest BCUT2D eigenvalue weighted by molar-refractivity contribution is -0.155. The molecule has 3 aromatic heterocycles. The van der Waals surface area contributed by atoms with Crippen LogP contribution in [-0.2, 0) is 6.18 Å². The molecule has 0 saturated heterocycles. The molecule has 176 valence electrons. The SMILES string of the molecule is O=C(Nc1ccc(Oc2ccccc2-c2ncnc3[nH]ncc23)cc1)Nc1cc(C(F)(F)F)on1. The molecular weight excluding hydrogens is 467 g/mol. The number of H-pyrrole nitrogens is 1. The van der Waals surface area contributed by atoms with Crippen LogP contribution in [0.15, 0.2) is 71.6 Å². The van der Waals surface area contributed by atoms with Crippen molar-refractivity contribution in [3.8, 4) is 22.8 Å². The molecule has 3 N–H and O–H groups in total. The highest BCUT2D eigenvalue weighted by Crippen LogP contribution is 2.35. The zero-order chi connectivity index (χ0) is 24.4. The zero-order valence-electron chi connectivity index (χ0n) is 17.5. The number of amides is 2. The number of anilines is 2. The van der Waals surface area contributed by atoms with Crippen molar-refractivity contribution >= 4 is 28.6 Å². The van der Waals surface area contributed by atoms with Crippen LogP contribution in [0.1, 0.15) is 5.76 Å². The van der Waals surface area contributed by atoms with E-state index in [4.69, 9.17) is 4.74 Å². The number of nitrogens with one attached hydrogen (secondary N) is 3. The van der Waals surface area contributed by atoms with E-state index in [9.17, 15) is 18.0 Å². The molecule has 0 unspecified atom stereocenters. The molecule has 0 saturated carbocycles. The molecule has 13 heteroatoms. The minimum absolute atomic E-state index is 0.372. The predicted octanol–water partition coefficient (Wildman–Crippen LogP) is 5.46. The Hall–Kier alpha value is -4.94. The van der Waals surface area contributed by atoms with E-state index in [1.54, 1.807) is 36.5 Å².